The molecular weight excluding hydrogens is 304 g/mol. The lowest BCUT2D eigenvalue weighted by Crippen LogP contribution is -2.58. The summed E-state index contributed by atoms with van der Waals surface area (Å²) in [5.74, 6) is 0. The highest BCUT2D eigenvalue weighted by Crippen LogP contribution is 2.47. The maximum atomic E-state index is 13.6. The Morgan fingerprint density at radius 1 is 0.769 bits per heavy atom. The average molecular weight is 309 g/mol. The molecule has 0 aromatic heterocycles. The van der Waals surface area contributed by atoms with Gasteiger partial charge in [0.15, 0.2) is 0 Å². The number of alkyl halides is 7. The molecule has 1 rings (SSSR count). The molecule has 0 nitrogen and oxygen atoms in total. The zero-order valence-electron chi connectivity index (χ0n) is 6.03. The quantitative estimate of drug-likeness (QED) is 0.595. The Morgan fingerprint density at radius 3 is 1.38 bits per heavy atom. The van der Waals surface area contributed by atoms with Crippen molar-refractivity contribution in [3.63, 3.8) is 0 Å². The molecule has 0 aliphatic heterocycles. The summed E-state index contributed by atoms with van der Waals surface area (Å²) in [5.41, 5.74) is 0. The SMILES string of the molecule is FC1(Cl)[C@H](Cl)[C@H](Cl)C(Cl)C(Cl)[C@@H]1Cl. The van der Waals surface area contributed by atoms with E-state index in [4.69, 9.17) is 69.6 Å². The zero-order chi connectivity index (χ0) is 10.4. The molecule has 1 aliphatic rings. The third-order valence-electron chi connectivity index (χ3n) is 1.90. The molecule has 0 radical (unpaired) electrons. The molecule has 13 heavy (non-hydrogen) atoms. The number of rotatable bonds is 0. The molecule has 1 aliphatic carbocycles. The molecule has 0 aromatic rings. The van der Waals surface area contributed by atoms with Crippen molar-refractivity contribution in [1.82, 2.24) is 0 Å². The molecule has 78 valence electrons. The molecule has 1 saturated carbocycles. The van der Waals surface area contributed by atoms with Gasteiger partial charge in [-0.05, 0) is 0 Å². The van der Waals surface area contributed by atoms with E-state index in [0.29, 0.717) is 0 Å². The fourth-order valence-electron chi connectivity index (χ4n) is 1.08. The third-order valence-corrected chi connectivity index (χ3v) is 5.88. The molecule has 3 unspecified atom stereocenters. The first-order chi connectivity index (χ1) is 5.80. The van der Waals surface area contributed by atoms with E-state index < -0.39 is 32.0 Å². The van der Waals surface area contributed by atoms with Gasteiger partial charge in [-0.2, -0.15) is 0 Å². The number of hydrogen-bond donors (Lipinski definition) is 0. The van der Waals surface area contributed by atoms with Crippen LogP contribution in [-0.4, -0.2) is 32.0 Å². The highest BCUT2D eigenvalue weighted by molar-refractivity contribution is 6.46. The Kier molecular flexibility index (Phi) is 4.18. The number of hydrogen-bond acceptors (Lipinski definition) is 0. The minimum absolute atomic E-state index is 0.698. The molecule has 7 heteroatoms. The summed E-state index contributed by atoms with van der Waals surface area (Å²) in [6, 6.07) is 0. The van der Waals surface area contributed by atoms with E-state index in [2.05, 4.69) is 0 Å². The van der Waals surface area contributed by atoms with Gasteiger partial charge in [0.1, 0.15) is 10.8 Å². The summed E-state index contributed by atoms with van der Waals surface area (Å²) in [5, 5.41) is -7.03. The van der Waals surface area contributed by atoms with Crippen LogP contribution in [0.2, 0.25) is 0 Å². The van der Waals surface area contributed by atoms with Crippen LogP contribution in [0.15, 0.2) is 0 Å². The van der Waals surface area contributed by atoms with Crippen LogP contribution in [-0.2, 0) is 0 Å². The molecule has 0 bridgehead atoms. The van der Waals surface area contributed by atoms with Gasteiger partial charge in [0.05, 0.1) is 16.1 Å². The van der Waals surface area contributed by atoms with Gasteiger partial charge in [0, 0.05) is 0 Å². The summed E-state index contributed by atoms with van der Waals surface area (Å²) in [4.78, 5) is 0. The normalized spacial score (nSPS) is 57.9. The largest absolute Gasteiger partial charge is 0.223 e. The van der Waals surface area contributed by atoms with E-state index in [9.17, 15) is 4.39 Å². The Labute approximate surface area is 106 Å². The van der Waals surface area contributed by atoms with Crippen LogP contribution >= 0.6 is 69.6 Å². The van der Waals surface area contributed by atoms with Crippen molar-refractivity contribution < 1.29 is 4.39 Å². The summed E-state index contributed by atoms with van der Waals surface area (Å²) in [6.07, 6.45) is 0. The van der Waals surface area contributed by atoms with Crippen LogP contribution in [0.25, 0.3) is 0 Å². The number of halogens is 7. The van der Waals surface area contributed by atoms with Crippen molar-refractivity contribution in [2.45, 2.75) is 32.0 Å². The molecule has 0 saturated heterocycles. The van der Waals surface area contributed by atoms with E-state index in [-0.39, 0.29) is 0 Å². The molecule has 0 aromatic carbocycles. The molecule has 0 spiro atoms. The van der Waals surface area contributed by atoms with Crippen molar-refractivity contribution in [1.29, 1.82) is 0 Å². The van der Waals surface area contributed by atoms with Crippen molar-refractivity contribution in [2.75, 3.05) is 0 Å². The first kappa shape index (κ1) is 12.7. The van der Waals surface area contributed by atoms with Crippen LogP contribution in [0.4, 0.5) is 4.39 Å². The Balaban J connectivity index is 2.93. The van der Waals surface area contributed by atoms with Crippen molar-refractivity contribution in [2.24, 2.45) is 0 Å². The van der Waals surface area contributed by atoms with E-state index in [1.165, 1.54) is 0 Å². The molecule has 0 amide bonds. The lowest BCUT2D eigenvalue weighted by atomic mass is 9.95. The van der Waals surface area contributed by atoms with E-state index in [1.807, 2.05) is 0 Å². The molecule has 0 N–H and O–H groups in total. The van der Waals surface area contributed by atoms with Crippen molar-refractivity contribution in [3.8, 4) is 0 Å². The van der Waals surface area contributed by atoms with Crippen LogP contribution < -0.4 is 0 Å². The van der Waals surface area contributed by atoms with Crippen LogP contribution in [0.1, 0.15) is 0 Å². The maximum Gasteiger partial charge on any atom is 0.218 e. The standard InChI is InChI=1S/C6H5Cl6F/c7-1-2(8)4(10)6(12,13)5(11)3(1)9/h1-5H/t1?,2-,3?,4-,5+,6?/m1/s1. The summed E-state index contributed by atoms with van der Waals surface area (Å²) in [7, 11) is 0. The Morgan fingerprint density at radius 2 is 1.08 bits per heavy atom. The minimum Gasteiger partial charge on any atom is -0.223 e. The second-order valence-electron chi connectivity index (χ2n) is 2.81. The lowest BCUT2D eigenvalue weighted by Gasteiger charge is -2.41. The van der Waals surface area contributed by atoms with Crippen molar-refractivity contribution >= 4 is 69.6 Å². The van der Waals surface area contributed by atoms with Crippen LogP contribution in [0.3, 0.4) is 0 Å². The first-order valence-corrected chi connectivity index (χ1v) is 5.94. The van der Waals surface area contributed by atoms with Gasteiger partial charge < -0.3 is 0 Å². The molecule has 0 heterocycles. The topological polar surface area (TPSA) is 0 Å². The van der Waals surface area contributed by atoms with Gasteiger partial charge in [-0.1, -0.05) is 11.6 Å². The summed E-state index contributed by atoms with van der Waals surface area (Å²) < 4.78 is 13.6. The molecule has 1 fully saturated rings. The fraction of sp³-hybridized carbons (Fsp3) is 1.00. The summed E-state index contributed by atoms with van der Waals surface area (Å²) >= 11 is 34.0. The molecular formula is C6H5Cl6F. The van der Waals surface area contributed by atoms with Gasteiger partial charge >= 0.3 is 0 Å². The van der Waals surface area contributed by atoms with Crippen LogP contribution in [0, 0.1) is 0 Å². The van der Waals surface area contributed by atoms with Crippen molar-refractivity contribution in [3.05, 3.63) is 0 Å². The fourth-order valence-corrected chi connectivity index (χ4v) is 3.32. The third kappa shape index (κ3) is 2.11. The highest BCUT2D eigenvalue weighted by Gasteiger charge is 2.57. The average Bonchev–Trinajstić information content (AvgIpc) is 2.09. The summed E-state index contributed by atoms with van der Waals surface area (Å²) in [6.45, 7) is 0. The van der Waals surface area contributed by atoms with Gasteiger partial charge in [0.25, 0.3) is 0 Å². The zero-order valence-corrected chi connectivity index (χ0v) is 10.6. The van der Waals surface area contributed by atoms with Gasteiger partial charge in [-0.3, -0.25) is 0 Å². The van der Waals surface area contributed by atoms with E-state index in [0.717, 1.165) is 0 Å². The second-order valence-corrected chi connectivity index (χ2v) is 5.84. The van der Waals surface area contributed by atoms with Gasteiger partial charge in [0.2, 0.25) is 5.13 Å². The Hall–Kier alpha value is 1.67. The molecule has 6 atom stereocenters. The minimum atomic E-state index is -2.33. The van der Waals surface area contributed by atoms with E-state index >= 15 is 0 Å². The predicted molar refractivity (Wildman–Crippen MR) is 57.9 cm³/mol. The second kappa shape index (κ2) is 4.27. The van der Waals surface area contributed by atoms with Crippen LogP contribution in [0.5, 0.6) is 0 Å². The Bertz CT molecular complexity index is 180. The lowest BCUT2D eigenvalue weighted by molar-refractivity contribution is 0.221. The highest BCUT2D eigenvalue weighted by atomic mass is 35.5. The van der Waals surface area contributed by atoms with E-state index in [1.54, 1.807) is 0 Å². The van der Waals surface area contributed by atoms with Gasteiger partial charge in [-0.25, -0.2) is 4.39 Å². The maximum absolute atomic E-state index is 13.6. The smallest absolute Gasteiger partial charge is 0.218 e. The monoisotopic (exact) mass is 306 g/mol. The predicted octanol–water partition coefficient (Wildman–Crippen LogP) is 3.94. The van der Waals surface area contributed by atoms with Gasteiger partial charge in [-0.15, -0.1) is 58.0 Å². The first-order valence-electron chi connectivity index (χ1n) is 3.38.